The smallest absolute Gasteiger partial charge is 0.364 e. The van der Waals surface area contributed by atoms with Crippen molar-refractivity contribution in [3.8, 4) is 22.8 Å². The van der Waals surface area contributed by atoms with Crippen molar-refractivity contribution in [2.75, 3.05) is 5.32 Å². The first-order valence-electron chi connectivity index (χ1n) is 12.9. The molecule has 0 amide bonds. The molecule has 0 aliphatic heterocycles. The van der Waals surface area contributed by atoms with E-state index in [0.29, 0.717) is 47.4 Å². The van der Waals surface area contributed by atoms with Crippen LogP contribution in [0.4, 0.5) is 19.0 Å². The number of fused-ring (bicyclic) bond motifs is 1. The van der Waals surface area contributed by atoms with E-state index in [1.54, 1.807) is 31.7 Å². The zero-order valence-corrected chi connectivity index (χ0v) is 21.4. The van der Waals surface area contributed by atoms with Crippen LogP contribution in [0.2, 0.25) is 0 Å². The van der Waals surface area contributed by atoms with Gasteiger partial charge < -0.3 is 14.9 Å². The van der Waals surface area contributed by atoms with Gasteiger partial charge in [0.25, 0.3) is 0 Å². The molecule has 5 aromatic rings. The minimum Gasteiger partial charge on any atom is -0.364 e. The second-order valence-corrected chi connectivity index (χ2v) is 9.49. The Labute approximate surface area is 222 Å². The van der Waals surface area contributed by atoms with E-state index in [1.807, 2.05) is 12.1 Å². The highest BCUT2D eigenvalue weighted by molar-refractivity contribution is 5.85. The molecule has 0 atom stereocenters. The van der Waals surface area contributed by atoms with Gasteiger partial charge in [-0.05, 0) is 31.7 Å². The van der Waals surface area contributed by atoms with Gasteiger partial charge in [-0.15, -0.1) is 0 Å². The summed E-state index contributed by atoms with van der Waals surface area (Å²) in [6.07, 6.45) is 2.67. The lowest BCUT2D eigenvalue weighted by Gasteiger charge is -2.13. The van der Waals surface area contributed by atoms with Crippen molar-refractivity contribution in [1.82, 2.24) is 39.5 Å². The molecular formula is C27H26F3N9. The fraction of sp³-hybridized carbons (Fsp3) is 0.333. The molecule has 9 nitrogen and oxygen atoms in total. The van der Waals surface area contributed by atoms with E-state index in [9.17, 15) is 13.2 Å². The van der Waals surface area contributed by atoms with Crippen LogP contribution in [0.5, 0.6) is 0 Å². The summed E-state index contributed by atoms with van der Waals surface area (Å²) in [5.74, 6) is 1.82. The summed E-state index contributed by atoms with van der Waals surface area (Å²) in [5.41, 5.74) is 4.63. The molecule has 0 unspecified atom stereocenters. The quantitative estimate of drug-likeness (QED) is 0.261. The first kappa shape index (κ1) is 25.0. The maximum absolute atomic E-state index is 13.2. The SMILES string of the molecule is CCc1ncnc(C2CC2)c1-c1nc(NCc2ccc(-c3nc(C(F)(F)F)cn3CC)cc2)c2[nH]cnc2n1. The Morgan fingerprint density at radius 1 is 1.03 bits per heavy atom. The number of aromatic amines is 1. The molecule has 0 radical (unpaired) electrons. The van der Waals surface area contributed by atoms with Crippen molar-refractivity contribution in [3.63, 3.8) is 0 Å². The number of imidazole rings is 2. The Balaban J connectivity index is 1.28. The van der Waals surface area contributed by atoms with Crippen molar-refractivity contribution in [1.29, 1.82) is 0 Å². The second kappa shape index (κ2) is 9.75. The number of nitrogens with zero attached hydrogens (tertiary/aromatic N) is 7. The number of rotatable bonds is 8. The average molecular weight is 534 g/mol. The van der Waals surface area contributed by atoms with Crippen molar-refractivity contribution in [3.05, 3.63) is 65.8 Å². The highest BCUT2D eigenvalue weighted by Gasteiger charge is 2.35. The summed E-state index contributed by atoms with van der Waals surface area (Å²) in [6, 6.07) is 7.28. The molecular weight excluding hydrogens is 507 g/mol. The van der Waals surface area contributed by atoms with Crippen LogP contribution in [0.15, 0.2) is 43.1 Å². The van der Waals surface area contributed by atoms with Crippen LogP contribution in [0.1, 0.15) is 55.3 Å². The van der Waals surface area contributed by atoms with E-state index in [4.69, 9.17) is 9.97 Å². The molecule has 4 heterocycles. The number of hydrogen-bond donors (Lipinski definition) is 2. The maximum Gasteiger partial charge on any atom is 0.434 e. The minimum absolute atomic E-state index is 0.284. The zero-order valence-electron chi connectivity index (χ0n) is 21.4. The van der Waals surface area contributed by atoms with Crippen LogP contribution in [-0.4, -0.2) is 39.5 Å². The Morgan fingerprint density at radius 2 is 1.82 bits per heavy atom. The summed E-state index contributed by atoms with van der Waals surface area (Å²) in [4.78, 5) is 29.9. The number of anilines is 1. The number of halogens is 3. The standard InChI is InChI=1S/C27H26F3N9/c1-3-18-20(21(16-9-10-16)33-13-32-18)23-37-24(22-25(38-23)35-14-34-22)31-11-15-5-7-17(8-6-15)26-36-19(27(28,29)30)12-39(26)4-2/h5-8,12-14,16H,3-4,9-11H2,1-2H3,(H2,31,34,35,37,38). The van der Waals surface area contributed by atoms with Crippen LogP contribution in [0.25, 0.3) is 33.9 Å². The number of benzene rings is 1. The largest absolute Gasteiger partial charge is 0.434 e. The Morgan fingerprint density at radius 3 is 2.51 bits per heavy atom. The van der Waals surface area contributed by atoms with Gasteiger partial charge in [-0.3, -0.25) is 0 Å². The molecule has 1 fully saturated rings. The van der Waals surface area contributed by atoms with Gasteiger partial charge in [0.15, 0.2) is 23.0 Å². The van der Waals surface area contributed by atoms with Crippen LogP contribution in [0, 0.1) is 0 Å². The zero-order chi connectivity index (χ0) is 27.1. The van der Waals surface area contributed by atoms with E-state index in [2.05, 4.69) is 37.2 Å². The summed E-state index contributed by atoms with van der Waals surface area (Å²) < 4.78 is 41.0. The average Bonchev–Trinajstić information content (AvgIpc) is 3.50. The van der Waals surface area contributed by atoms with Gasteiger partial charge in [0.1, 0.15) is 17.7 Å². The number of aromatic nitrogens is 8. The van der Waals surface area contributed by atoms with Gasteiger partial charge in [-0.25, -0.2) is 29.9 Å². The topological polar surface area (TPSA) is 110 Å². The van der Waals surface area contributed by atoms with E-state index in [1.165, 1.54) is 4.57 Å². The van der Waals surface area contributed by atoms with Crippen LogP contribution < -0.4 is 5.32 Å². The third kappa shape index (κ3) is 4.82. The molecule has 1 aromatic carbocycles. The first-order valence-corrected chi connectivity index (χ1v) is 12.9. The van der Waals surface area contributed by atoms with Gasteiger partial charge in [-0.2, -0.15) is 13.2 Å². The van der Waals surface area contributed by atoms with Gasteiger partial charge in [-0.1, -0.05) is 31.2 Å². The van der Waals surface area contributed by atoms with Gasteiger partial charge in [0.05, 0.1) is 23.3 Å². The number of alkyl halides is 3. The van der Waals surface area contributed by atoms with Crippen LogP contribution in [0.3, 0.4) is 0 Å². The van der Waals surface area contributed by atoms with E-state index < -0.39 is 11.9 Å². The Bertz CT molecular complexity index is 1630. The molecule has 0 bridgehead atoms. The minimum atomic E-state index is -4.49. The third-order valence-corrected chi connectivity index (χ3v) is 6.84. The fourth-order valence-electron chi connectivity index (χ4n) is 4.67. The van der Waals surface area contributed by atoms with E-state index >= 15 is 0 Å². The predicted molar refractivity (Wildman–Crippen MR) is 140 cm³/mol. The Hall–Kier alpha value is -4.35. The molecule has 4 aromatic heterocycles. The number of H-pyrrole nitrogens is 1. The lowest BCUT2D eigenvalue weighted by Crippen LogP contribution is -2.07. The van der Waals surface area contributed by atoms with Crippen molar-refractivity contribution >= 4 is 17.0 Å². The predicted octanol–water partition coefficient (Wildman–Crippen LogP) is 5.76. The molecule has 0 saturated heterocycles. The maximum atomic E-state index is 13.2. The highest BCUT2D eigenvalue weighted by atomic mass is 19.4. The summed E-state index contributed by atoms with van der Waals surface area (Å²) >= 11 is 0. The number of nitrogens with one attached hydrogen (secondary N) is 2. The molecule has 12 heteroatoms. The van der Waals surface area contributed by atoms with Crippen LogP contribution >= 0.6 is 0 Å². The lowest BCUT2D eigenvalue weighted by molar-refractivity contribution is -0.140. The van der Waals surface area contributed by atoms with Gasteiger partial charge in [0, 0.05) is 30.8 Å². The molecule has 1 saturated carbocycles. The van der Waals surface area contributed by atoms with Crippen molar-refractivity contribution in [2.45, 2.75) is 58.3 Å². The third-order valence-electron chi connectivity index (χ3n) is 6.84. The molecule has 39 heavy (non-hydrogen) atoms. The molecule has 0 spiro atoms. The van der Waals surface area contributed by atoms with Crippen molar-refractivity contribution in [2.24, 2.45) is 0 Å². The second-order valence-electron chi connectivity index (χ2n) is 9.49. The molecule has 1 aliphatic carbocycles. The van der Waals surface area contributed by atoms with Crippen molar-refractivity contribution < 1.29 is 13.2 Å². The Kier molecular flexibility index (Phi) is 6.24. The van der Waals surface area contributed by atoms with E-state index in [0.717, 1.165) is 48.0 Å². The molecule has 1 aliphatic rings. The molecule has 6 rings (SSSR count). The monoisotopic (exact) mass is 533 g/mol. The van der Waals surface area contributed by atoms with Gasteiger partial charge in [0.2, 0.25) is 0 Å². The number of hydrogen-bond acceptors (Lipinski definition) is 7. The summed E-state index contributed by atoms with van der Waals surface area (Å²) in [7, 11) is 0. The first-order chi connectivity index (χ1) is 18.9. The lowest BCUT2D eigenvalue weighted by atomic mass is 10.1. The highest BCUT2D eigenvalue weighted by Crippen LogP contribution is 2.43. The summed E-state index contributed by atoms with van der Waals surface area (Å²) in [5, 5.41) is 3.38. The van der Waals surface area contributed by atoms with E-state index in [-0.39, 0.29) is 5.82 Å². The van der Waals surface area contributed by atoms with Crippen LogP contribution in [-0.2, 0) is 25.7 Å². The summed E-state index contributed by atoms with van der Waals surface area (Å²) in [6.45, 7) is 4.65. The molecule has 200 valence electrons. The van der Waals surface area contributed by atoms with Gasteiger partial charge >= 0.3 is 6.18 Å². The normalized spacial score (nSPS) is 13.8. The molecule has 2 N–H and O–H groups in total. The fourth-order valence-corrected chi connectivity index (χ4v) is 4.67. The number of aryl methyl sites for hydroxylation is 2.